The van der Waals surface area contributed by atoms with E-state index in [0.717, 1.165) is 38.5 Å². The molecule has 0 aliphatic carbocycles. The van der Waals surface area contributed by atoms with Crippen molar-refractivity contribution in [3.63, 3.8) is 0 Å². The van der Waals surface area contributed by atoms with E-state index in [9.17, 15) is 23.8 Å². The third-order valence-electron chi connectivity index (χ3n) is 7.14. The van der Waals surface area contributed by atoms with Crippen LogP contribution in [-0.4, -0.2) is 78.7 Å². The van der Waals surface area contributed by atoms with Gasteiger partial charge in [-0.15, -0.1) is 0 Å². The smallest absolute Gasteiger partial charge is 0.472 e. The van der Waals surface area contributed by atoms with Crippen molar-refractivity contribution >= 4 is 32.4 Å². The summed E-state index contributed by atoms with van der Waals surface area (Å²) in [5, 5.41) is 8.69. The Morgan fingerprint density at radius 1 is 0.705 bits per heavy atom. The molecule has 0 saturated carbocycles. The van der Waals surface area contributed by atoms with E-state index in [4.69, 9.17) is 23.6 Å². The lowest BCUT2D eigenvalue weighted by Crippen LogP contribution is -2.29. The number of carboxylic acid groups (broad SMARTS) is 1. The average molecular weight is 651 g/mol. The van der Waals surface area contributed by atoms with Crippen LogP contribution in [0.3, 0.4) is 0 Å². The SMILES string of the molecule is C=[N+](C)CCOP(=O)(O)OC[C@@H](COC(=O)CCCCCCCCCCCCCCC)OC(=O)CCCCCCCC(=O)O. The second-order valence-corrected chi connectivity index (χ2v) is 13.1. The highest BCUT2D eigenvalue weighted by atomic mass is 31.2. The zero-order valence-corrected chi connectivity index (χ0v) is 28.4. The lowest BCUT2D eigenvalue weighted by atomic mass is 10.0. The summed E-state index contributed by atoms with van der Waals surface area (Å²) in [5.41, 5.74) is 0. The number of aliphatic carboxylic acids is 1. The molecule has 11 nitrogen and oxygen atoms in total. The zero-order valence-electron chi connectivity index (χ0n) is 27.5. The monoisotopic (exact) mass is 650 g/mol. The van der Waals surface area contributed by atoms with Gasteiger partial charge in [-0.3, -0.25) is 23.4 Å². The van der Waals surface area contributed by atoms with Gasteiger partial charge in [0.25, 0.3) is 0 Å². The molecule has 0 aliphatic heterocycles. The number of nitrogens with zero attached hydrogens (tertiary/aromatic N) is 1. The summed E-state index contributed by atoms with van der Waals surface area (Å²) >= 11 is 0. The van der Waals surface area contributed by atoms with Crippen molar-refractivity contribution in [1.29, 1.82) is 0 Å². The van der Waals surface area contributed by atoms with Crippen LogP contribution in [0.25, 0.3) is 0 Å². The molecule has 0 aromatic heterocycles. The second kappa shape index (κ2) is 28.6. The first-order chi connectivity index (χ1) is 21.1. The van der Waals surface area contributed by atoms with Gasteiger partial charge in [-0.2, -0.15) is 0 Å². The van der Waals surface area contributed by atoms with Gasteiger partial charge in [0.1, 0.15) is 27.0 Å². The molecule has 1 unspecified atom stereocenters. The van der Waals surface area contributed by atoms with E-state index in [0.29, 0.717) is 25.8 Å². The maximum absolute atomic E-state index is 12.4. The second-order valence-electron chi connectivity index (χ2n) is 11.6. The Bertz CT molecular complexity index is 823. The average Bonchev–Trinajstić information content (AvgIpc) is 2.96. The highest BCUT2D eigenvalue weighted by Crippen LogP contribution is 2.43. The van der Waals surface area contributed by atoms with E-state index in [1.807, 2.05) is 0 Å². The van der Waals surface area contributed by atoms with E-state index >= 15 is 0 Å². The van der Waals surface area contributed by atoms with E-state index in [-0.39, 0.29) is 32.5 Å². The van der Waals surface area contributed by atoms with Crippen LogP contribution in [0.15, 0.2) is 0 Å². The minimum Gasteiger partial charge on any atom is -0.481 e. The molecule has 0 radical (unpaired) electrons. The van der Waals surface area contributed by atoms with E-state index in [1.165, 1.54) is 62.4 Å². The number of hydrogen-bond donors (Lipinski definition) is 2. The third kappa shape index (κ3) is 30.2. The fourth-order valence-corrected chi connectivity index (χ4v) is 5.25. The lowest BCUT2D eigenvalue weighted by Gasteiger charge is -2.19. The van der Waals surface area contributed by atoms with Gasteiger partial charge in [0.15, 0.2) is 12.6 Å². The molecule has 0 rings (SSSR count). The van der Waals surface area contributed by atoms with Crippen LogP contribution < -0.4 is 0 Å². The number of phosphoric acid groups is 1. The number of ether oxygens (including phenoxy) is 2. The highest BCUT2D eigenvalue weighted by molar-refractivity contribution is 7.47. The summed E-state index contributed by atoms with van der Waals surface area (Å²) in [4.78, 5) is 45.2. The number of phosphoric ester groups is 1. The van der Waals surface area contributed by atoms with Crippen LogP contribution in [0, 0.1) is 0 Å². The molecule has 2 atom stereocenters. The first kappa shape index (κ1) is 42.2. The minimum atomic E-state index is -4.41. The minimum absolute atomic E-state index is 0.0845. The van der Waals surface area contributed by atoms with Crippen molar-refractivity contribution < 1.29 is 52.0 Å². The summed E-state index contributed by atoms with van der Waals surface area (Å²) in [5.74, 6) is -1.78. The molecule has 0 bridgehead atoms. The predicted molar refractivity (Wildman–Crippen MR) is 171 cm³/mol. The third-order valence-corrected chi connectivity index (χ3v) is 8.12. The van der Waals surface area contributed by atoms with Gasteiger partial charge in [-0.1, -0.05) is 103 Å². The number of carbonyl (C=O) groups is 3. The molecule has 0 saturated heterocycles. The fourth-order valence-electron chi connectivity index (χ4n) is 4.51. The summed E-state index contributed by atoms with van der Waals surface area (Å²) < 4.78 is 34.4. The lowest BCUT2D eigenvalue weighted by molar-refractivity contribution is -0.490. The van der Waals surface area contributed by atoms with Gasteiger partial charge in [-0.05, 0) is 19.3 Å². The van der Waals surface area contributed by atoms with Crippen LogP contribution in [-0.2, 0) is 37.5 Å². The Kier molecular flexibility index (Phi) is 27.5. The standard InChI is InChI=1S/C32H60NO10P/c1-4-5-6-7-8-9-10-11-12-13-14-17-20-23-31(36)40-27-29(28-42-44(38,39)41-26-25-33(2)3)43-32(37)24-21-18-15-16-19-22-30(34)35/h29H,2,4-28H2,1,3H3,(H-,34,35,38,39)/p+1/t29-/m1/s1. The van der Waals surface area contributed by atoms with Crippen molar-refractivity contribution in [3.05, 3.63) is 0 Å². The van der Waals surface area contributed by atoms with Gasteiger partial charge in [0.05, 0.1) is 6.61 Å². The maximum Gasteiger partial charge on any atom is 0.472 e. The molecule has 12 heteroatoms. The normalized spacial score (nSPS) is 13.2. The Morgan fingerprint density at radius 3 is 1.64 bits per heavy atom. The molecular formula is C32H61NO10P+. The van der Waals surface area contributed by atoms with Crippen molar-refractivity contribution in [1.82, 2.24) is 0 Å². The predicted octanol–water partition coefficient (Wildman–Crippen LogP) is 7.21. The summed E-state index contributed by atoms with van der Waals surface area (Å²) in [6, 6.07) is 0. The van der Waals surface area contributed by atoms with Gasteiger partial charge in [0.2, 0.25) is 0 Å². The van der Waals surface area contributed by atoms with E-state index in [2.05, 4.69) is 13.6 Å². The Balaban J connectivity index is 4.36. The molecule has 0 heterocycles. The topological polar surface area (TPSA) is 149 Å². The number of carbonyl (C=O) groups excluding carboxylic acids is 2. The quantitative estimate of drug-likeness (QED) is 0.0251. The van der Waals surface area contributed by atoms with Gasteiger partial charge >= 0.3 is 25.7 Å². The van der Waals surface area contributed by atoms with Crippen LogP contribution in [0.2, 0.25) is 0 Å². The number of esters is 2. The summed E-state index contributed by atoms with van der Waals surface area (Å²) in [6.45, 7) is 5.32. The molecular weight excluding hydrogens is 589 g/mol. The molecule has 0 aliphatic rings. The first-order valence-electron chi connectivity index (χ1n) is 16.8. The first-order valence-corrected chi connectivity index (χ1v) is 18.3. The van der Waals surface area contributed by atoms with Gasteiger partial charge in [-0.25, -0.2) is 9.14 Å². The number of unbranched alkanes of at least 4 members (excludes halogenated alkanes) is 16. The molecule has 258 valence electrons. The number of rotatable bonds is 32. The van der Waals surface area contributed by atoms with Crippen LogP contribution >= 0.6 is 7.82 Å². The highest BCUT2D eigenvalue weighted by Gasteiger charge is 2.26. The van der Waals surface area contributed by atoms with E-state index < -0.39 is 38.4 Å². The van der Waals surface area contributed by atoms with Gasteiger partial charge in [0, 0.05) is 19.3 Å². The van der Waals surface area contributed by atoms with Crippen molar-refractivity contribution in [3.8, 4) is 0 Å². The number of likely N-dealkylation sites (N-methyl/N-ethyl adjacent to an activating group) is 1. The number of carboxylic acids is 1. The fraction of sp³-hybridized carbons (Fsp3) is 0.875. The largest absolute Gasteiger partial charge is 0.481 e. The zero-order chi connectivity index (χ0) is 32.9. The molecule has 0 fully saturated rings. The Labute approximate surface area is 265 Å². The van der Waals surface area contributed by atoms with Crippen molar-refractivity contribution in [2.75, 3.05) is 33.4 Å². The molecule has 0 aromatic rings. The molecule has 0 spiro atoms. The summed E-state index contributed by atoms with van der Waals surface area (Å²) in [6.07, 6.45) is 18.6. The maximum atomic E-state index is 12.4. The molecule has 0 aromatic carbocycles. The Hall–Kier alpha value is -1.81. The number of hydrogen-bond acceptors (Lipinski definition) is 8. The molecule has 0 amide bonds. The molecule has 2 N–H and O–H groups in total. The Morgan fingerprint density at radius 2 is 1.16 bits per heavy atom. The van der Waals surface area contributed by atoms with E-state index in [1.54, 1.807) is 7.05 Å². The van der Waals surface area contributed by atoms with Crippen LogP contribution in [0.5, 0.6) is 0 Å². The van der Waals surface area contributed by atoms with Crippen molar-refractivity contribution in [2.24, 2.45) is 0 Å². The van der Waals surface area contributed by atoms with Crippen molar-refractivity contribution in [2.45, 2.75) is 148 Å². The van der Waals surface area contributed by atoms with Crippen LogP contribution in [0.1, 0.15) is 142 Å². The summed E-state index contributed by atoms with van der Waals surface area (Å²) in [7, 11) is -2.72. The van der Waals surface area contributed by atoms with Crippen LogP contribution in [0.4, 0.5) is 0 Å². The van der Waals surface area contributed by atoms with Gasteiger partial charge < -0.3 is 19.5 Å². The molecule has 44 heavy (non-hydrogen) atoms.